The van der Waals surface area contributed by atoms with Crippen molar-refractivity contribution >= 4 is 35.1 Å². The van der Waals surface area contributed by atoms with Crippen LogP contribution < -0.4 is 4.90 Å². The van der Waals surface area contributed by atoms with Crippen LogP contribution in [0.5, 0.6) is 0 Å². The van der Waals surface area contributed by atoms with E-state index in [4.69, 9.17) is 0 Å². The molecule has 2 fully saturated rings. The average molecular weight is 400 g/mol. The van der Waals surface area contributed by atoms with Gasteiger partial charge in [-0.3, -0.25) is 19.2 Å². The van der Waals surface area contributed by atoms with Gasteiger partial charge < -0.3 is 4.90 Å². The Morgan fingerprint density at radius 3 is 2.20 bits per heavy atom. The number of fused-ring (bicyclic) bond motifs is 5. The van der Waals surface area contributed by atoms with Gasteiger partial charge in [-0.2, -0.15) is 0 Å². The molecule has 6 nitrogen and oxygen atoms in total. The van der Waals surface area contributed by atoms with Crippen LogP contribution in [0.25, 0.3) is 6.08 Å². The third-order valence-corrected chi connectivity index (χ3v) is 6.41. The second kappa shape index (κ2) is 6.49. The SMILES string of the molecule is CC(=O)c1ccc(N2C(=O)C3C(C2=O)C2c4ccccc4C=CN2C3C(C)=O)cc1. The summed E-state index contributed by atoms with van der Waals surface area (Å²) in [7, 11) is 0. The van der Waals surface area contributed by atoms with Crippen LogP contribution in [0.2, 0.25) is 0 Å². The Labute approximate surface area is 173 Å². The number of benzene rings is 2. The van der Waals surface area contributed by atoms with Crippen molar-refractivity contribution in [3.05, 3.63) is 71.4 Å². The highest BCUT2D eigenvalue weighted by Gasteiger charge is 2.63. The number of Topliss-reactive ketones (excluding diaryl/α,β-unsaturated/α-hetero) is 2. The molecule has 2 amide bonds. The molecule has 0 N–H and O–H groups in total. The molecule has 2 aromatic rings. The summed E-state index contributed by atoms with van der Waals surface area (Å²) in [5.74, 6) is -2.25. The van der Waals surface area contributed by atoms with Gasteiger partial charge in [0.05, 0.1) is 29.6 Å². The van der Waals surface area contributed by atoms with Crippen LogP contribution in [-0.4, -0.2) is 34.3 Å². The van der Waals surface area contributed by atoms with E-state index >= 15 is 0 Å². The first-order chi connectivity index (χ1) is 14.4. The number of anilines is 1. The molecule has 0 saturated carbocycles. The van der Waals surface area contributed by atoms with Crippen LogP contribution in [0.4, 0.5) is 5.69 Å². The van der Waals surface area contributed by atoms with E-state index in [9.17, 15) is 19.2 Å². The second-order valence-electron chi connectivity index (χ2n) is 8.06. The van der Waals surface area contributed by atoms with Crippen molar-refractivity contribution in [2.75, 3.05) is 4.90 Å². The van der Waals surface area contributed by atoms with Crippen molar-refractivity contribution in [2.24, 2.45) is 11.8 Å². The van der Waals surface area contributed by atoms with Gasteiger partial charge in [-0.1, -0.05) is 24.3 Å². The zero-order valence-electron chi connectivity index (χ0n) is 16.6. The zero-order chi connectivity index (χ0) is 21.2. The Kier molecular flexibility index (Phi) is 4.00. The molecule has 0 spiro atoms. The standard InChI is InChI=1S/C24H20N2O4/c1-13(27)15-7-9-17(10-8-15)26-23(29)19-20(24(26)30)22-18-6-4-3-5-16(18)11-12-25(22)21(19)14(2)28/h3-12,19-22H,1-2H3. The maximum Gasteiger partial charge on any atom is 0.240 e. The molecule has 2 aromatic carbocycles. The summed E-state index contributed by atoms with van der Waals surface area (Å²) in [5.41, 5.74) is 2.88. The molecule has 0 radical (unpaired) electrons. The van der Waals surface area contributed by atoms with Gasteiger partial charge in [-0.15, -0.1) is 0 Å². The minimum Gasteiger partial charge on any atom is -0.359 e. The summed E-state index contributed by atoms with van der Waals surface area (Å²) in [6.45, 7) is 2.94. The maximum absolute atomic E-state index is 13.5. The minimum absolute atomic E-state index is 0.0876. The first-order valence-electron chi connectivity index (χ1n) is 9.94. The summed E-state index contributed by atoms with van der Waals surface area (Å²) in [5, 5.41) is 0. The fraction of sp³-hybridized carbons (Fsp3) is 0.250. The molecule has 0 aliphatic carbocycles. The lowest BCUT2D eigenvalue weighted by Crippen LogP contribution is -2.43. The number of ketones is 2. The Morgan fingerprint density at radius 2 is 1.53 bits per heavy atom. The van der Waals surface area contributed by atoms with E-state index in [1.54, 1.807) is 24.3 Å². The van der Waals surface area contributed by atoms with E-state index in [0.717, 1.165) is 11.1 Å². The normalized spacial score (nSPS) is 26.5. The van der Waals surface area contributed by atoms with Crippen molar-refractivity contribution in [1.82, 2.24) is 4.90 Å². The molecule has 150 valence electrons. The summed E-state index contributed by atoms with van der Waals surface area (Å²) < 4.78 is 0. The molecule has 6 heteroatoms. The third kappa shape index (κ3) is 2.43. The number of rotatable bonds is 3. The highest BCUT2D eigenvalue weighted by atomic mass is 16.2. The molecule has 0 aromatic heterocycles. The van der Waals surface area contributed by atoms with Gasteiger partial charge >= 0.3 is 0 Å². The van der Waals surface area contributed by atoms with E-state index < -0.39 is 17.9 Å². The number of carbonyl (C=O) groups is 4. The van der Waals surface area contributed by atoms with Gasteiger partial charge in [-0.05, 0) is 55.3 Å². The molecule has 4 atom stereocenters. The van der Waals surface area contributed by atoms with Gasteiger partial charge in [-0.25, -0.2) is 4.90 Å². The summed E-state index contributed by atoms with van der Waals surface area (Å²) in [4.78, 5) is 54.2. The zero-order valence-corrected chi connectivity index (χ0v) is 16.6. The molecule has 5 rings (SSSR count). The number of carbonyl (C=O) groups excluding carboxylic acids is 4. The minimum atomic E-state index is -0.733. The fourth-order valence-corrected chi connectivity index (χ4v) is 5.12. The Hall–Kier alpha value is -3.54. The number of hydrogen-bond acceptors (Lipinski definition) is 5. The van der Waals surface area contributed by atoms with Crippen molar-refractivity contribution in [3.8, 4) is 0 Å². The third-order valence-electron chi connectivity index (χ3n) is 6.41. The lowest BCUT2D eigenvalue weighted by molar-refractivity contribution is -0.129. The van der Waals surface area contributed by atoms with Crippen LogP contribution in [-0.2, 0) is 14.4 Å². The molecule has 2 saturated heterocycles. The molecule has 30 heavy (non-hydrogen) atoms. The number of nitrogens with zero attached hydrogens (tertiary/aromatic N) is 2. The van der Waals surface area contributed by atoms with Gasteiger partial charge in [0.2, 0.25) is 11.8 Å². The highest BCUT2D eigenvalue weighted by molar-refractivity contribution is 6.24. The molecular formula is C24H20N2O4. The summed E-state index contributed by atoms with van der Waals surface area (Å²) in [6, 6.07) is 13.2. The first-order valence-corrected chi connectivity index (χ1v) is 9.94. The Morgan fingerprint density at radius 1 is 0.867 bits per heavy atom. The smallest absolute Gasteiger partial charge is 0.240 e. The molecule has 4 unspecified atom stereocenters. The van der Waals surface area contributed by atoms with Gasteiger partial charge in [0, 0.05) is 11.8 Å². The predicted octanol–water partition coefficient (Wildman–Crippen LogP) is 2.99. The van der Waals surface area contributed by atoms with Crippen LogP contribution in [0, 0.1) is 11.8 Å². The van der Waals surface area contributed by atoms with Crippen LogP contribution in [0.1, 0.15) is 41.4 Å². The quantitative estimate of drug-likeness (QED) is 0.585. The van der Waals surface area contributed by atoms with Crippen molar-refractivity contribution in [3.63, 3.8) is 0 Å². The molecule has 3 aliphatic heterocycles. The molecule has 3 aliphatic rings. The van der Waals surface area contributed by atoms with Crippen molar-refractivity contribution in [1.29, 1.82) is 0 Å². The van der Waals surface area contributed by atoms with E-state index in [2.05, 4.69) is 0 Å². The fourth-order valence-electron chi connectivity index (χ4n) is 5.12. The maximum atomic E-state index is 13.5. The lowest BCUT2D eigenvalue weighted by Gasteiger charge is -2.34. The van der Waals surface area contributed by atoms with Crippen LogP contribution >= 0.6 is 0 Å². The largest absolute Gasteiger partial charge is 0.359 e. The van der Waals surface area contributed by atoms with Crippen molar-refractivity contribution in [2.45, 2.75) is 25.9 Å². The molecular weight excluding hydrogens is 380 g/mol. The second-order valence-corrected chi connectivity index (χ2v) is 8.06. The summed E-state index contributed by atoms with van der Waals surface area (Å²) >= 11 is 0. The molecule has 0 bridgehead atoms. The number of imide groups is 1. The Balaban J connectivity index is 1.60. The number of hydrogen-bond donors (Lipinski definition) is 0. The highest BCUT2D eigenvalue weighted by Crippen LogP contribution is 2.53. The topological polar surface area (TPSA) is 74.8 Å². The van der Waals surface area contributed by atoms with Crippen LogP contribution in [0.3, 0.4) is 0 Å². The van der Waals surface area contributed by atoms with Gasteiger partial charge in [0.15, 0.2) is 11.6 Å². The van der Waals surface area contributed by atoms with Crippen LogP contribution in [0.15, 0.2) is 54.7 Å². The molecule has 3 heterocycles. The van der Waals surface area contributed by atoms with Gasteiger partial charge in [0.1, 0.15) is 0 Å². The van der Waals surface area contributed by atoms with E-state index in [-0.39, 0.29) is 29.4 Å². The average Bonchev–Trinajstić information content (AvgIpc) is 3.21. The van der Waals surface area contributed by atoms with E-state index in [1.807, 2.05) is 41.4 Å². The summed E-state index contributed by atoms with van der Waals surface area (Å²) in [6.07, 6.45) is 3.76. The predicted molar refractivity (Wildman–Crippen MR) is 110 cm³/mol. The first kappa shape index (κ1) is 18.5. The van der Waals surface area contributed by atoms with Gasteiger partial charge in [0.25, 0.3) is 0 Å². The van der Waals surface area contributed by atoms with Crippen molar-refractivity contribution < 1.29 is 19.2 Å². The number of amides is 2. The lowest BCUT2D eigenvalue weighted by atomic mass is 9.84. The Bertz CT molecular complexity index is 1130. The monoisotopic (exact) mass is 400 g/mol. The van der Waals surface area contributed by atoms with E-state index in [0.29, 0.717) is 11.3 Å². The van der Waals surface area contributed by atoms with E-state index in [1.165, 1.54) is 18.7 Å².